The van der Waals surface area contributed by atoms with Gasteiger partial charge in [-0.1, -0.05) is 27.7 Å². The van der Waals surface area contributed by atoms with E-state index in [0.29, 0.717) is 0 Å². The Hall–Kier alpha value is -0.530. The molecule has 1 N–H and O–H groups in total. The first-order valence-electron chi connectivity index (χ1n) is 4.62. The maximum absolute atomic E-state index is 11.5. The predicted molar refractivity (Wildman–Crippen MR) is 49.8 cm³/mol. The first-order valence-corrected chi connectivity index (χ1v) is 4.62. The van der Waals surface area contributed by atoms with Gasteiger partial charge in [-0.2, -0.15) is 0 Å². The fourth-order valence-corrected chi connectivity index (χ4v) is 2.12. The van der Waals surface area contributed by atoms with Gasteiger partial charge in [-0.3, -0.25) is 4.79 Å². The Labute approximate surface area is 74.7 Å². The van der Waals surface area contributed by atoms with E-state index in [2.05, 4.69) is 33.0 Å². The van der Waals surface area contributed by atoms with Crippen LogP contribution in [-0.4, -0.2) is 12.5 Å². The standard InChI is InChI=1S/C10H19NO/c1-9(2,3)7-10(4)5-6-11-8(10)12/h5-7H2,1-4H3,(H,11,12). The molecule has 0 aromatic heterocycles. The summed E-state index contributed by atoms with van der Waals surface area (Å²) in [4.78, 5) is 11.5. The van der Waals surface area contributed by atoms with E-state index >= 15 is 0 Å². The molecule has 0 aromatic rings. The van der Waals surface area contributed by atoms with Crippen molar-refractivity contribution in [1.82, 2.24) is 5.32 Å². The van der Waals surface area contributed by atoms with E-state index in [-0.39, 0.29) is 16.7 Å². The predicted octanol–water partition coefficient (Wildman–Crippen LogP) is 1.95. The lowest BCUT2D eigenvalue weighted by atomic mass is 9.74. The summed E-state index contributed by atoms with van der Waals surface area (Å²) in [6.45, 7) is 9.48. The first kappa shape index (κ1) is 9.56. The van der Waals surface area contributed by atoms with Crippen LogP contribution in [0.15, 0.2) is 0 Å². The number of carbonyl (C=O) groups excluding carboxylic acids is 1. The van der Waals surface area contributed by atoms with Crippen LogP contribution in [0.1, 0.15) is 40.5 Å². The molecule has 1 rings (SSSR count). The highest BCUT2D eigenvalue weighted by Crippen LogP contribution is 2.38. The second kappa shape index (κ2) is 2.75. The third-order valence-electron chi connectivity index (χ3n) is 2.43. The zero-order valence-electron chi connectivity index (χ0n) is 8.53. The van der Waals surface area contributed by atoms with Crippen molar-refractivity contribution in [2.75, 3.05) is 6.54 Å². The van der Waals surface area contributed by atoms with Gasteiger partial charge in [0.1, 0.15) is 0 Å². The van der Waals surface area contributed by atoms with Gasteiger partial charge in [0.15, 0.2) is 0 Å². The van der Waals surface area contributed by atoms with Crippen molar-refractivity contribution >= 4 is 5.91 Å². The topological polar surface area (TPSA) is 29.1 Å². The lowest BCUT2D eigenvalue weighted by Crippen LogP contribution is -2.32. The number of rotatable bonds is 1. The van der Waals surface area contributed by atoms with Crippen molar-refractivity contribution in [1.29, 1.82) is 0 Å². The van der Waals surface area contributed by atoms with E-state index in [1.807, 2.05) is 0 Å². The highest BCUT2D eigenvalue weighted by atomic mass is 16.2. The van der Waals surface area contributed by atoms with E-state index in [1.165, 1.54) is 0 Å². The molecule has 1 aliphatic heterocycles. The molecule has 0 aliphatic carbocycles. The maximum atomic E-state index is 11.5. The average molecular weight is 169 g/mol. The van der Waals surface area contributed by atoms with Crippen LogP contribution in [-0.2, 0) is 4.79 Å². The molecule has 2 nitrogen and oxygen atoms in total. The summed E-state index contributed by atoms with van der Waals surface area (Å²) in [6.07, 6.45) is 1.97. The van der Waals surface area contributed by atoms with Crippen LogP contribution in [0.5, 0.6) is 0 Å². The lowest BCUT2D eigenvalue weighted by molar-refractivity contribution is -0.128. The maximum Gasteiger partial charge on any atom is 0.226 e. The zero-order valence-corrected chi connectivity index (χ0v) is 8.53. The highest BCUT2D eigenvalue weighted by Gasteiger charge is 2.40. The zero-order chi connectivity index (χ0) is 9.41. The summed E-state index contributed by atoms with van der Waals surface area (Å²) in [7, 11) is 0. The monoisotopic (exact) mass is 169 g/mol. The minimum Gasteiger partial charge on any atom is -0.356 e. The fraction of sp³-hybridized carbons (Fsp3) is 0.900. The summed E-state index contributed by atoms with van der Waals surface area (Å²) in [6, 6.07) is 0. The molecule has 12 heavy (non-hydrogen) atoms. The molecule has 1 atom stereocenters. The number of amides is 1. The molecule has 70 valence electrons. The molecule has 0 saturated carbocycles. The molecule has 1 heterocycles. The lowest BCUT2D eigenvalue weighted by Gasteiger charge is -2.29. The van der Waals surface area contributed by atoms with Crippen molar-refractivity contribution in [3.63, 3.8) is 0 Å². The summed E-state index contributed by atoms with van der Waals surface area (Å²) in [5, 5.41) is 2.89. The van der Waals surface area contributed by atoms with Crippen LogP contribution in [0.2, 0.25) is 0 Å². The van der Waals surface area contributed by atoms with Gasteiger partial charge in [0, 0.05) is 12.0 Å². The fourth-order valence-electron chi connectivity index (χ4n) is 2.12. The number of nitrogens with one attached hydrogen (secondary N) is 1. The average Bonchev–Trinajstić information content (AvgIpc) is 2.08. The normalized spacial score (nSPS) is 30.5. The Morgan fingerprint density at radius 3 is 2.42 bits per heavy atom. The molecule has 1 aliphatic rings. The summed E-state index contributed by atoms with van der Waals surface area (Å²) >= 11 is 0. The summed E-state index contributed by atoms with van der Waals surface area (Å²) in [5.74, 6) is 0.234. The van der Waals surface area contributed by atoms with Crippen LogP contribution >= 0.6 is 0 Å². The van der Waals surface area contributed by atoms with Gasteiger partial charge in [0.05, 0.1) is 0 Å². The molecule has 0 aromatic carbocycles. The smallest absolute Gasteiger partial charge is 0.226 e. The van der Waals surface area contributed by atoms with Gasteiger partial charge in [0.2, 0.25) is 5.91 Å². The van der Waals surface area contributed by atoms with E-state index in [9.17, 15) is 4.79 Å². The van der Waals surface area contributed by atoms with Crippen molar-refractivity contribution < 1.29 is 4.79 Å². The molecule has 0 radical (unpaired) electrons. The van der Waals surface area contributed by atoms with Crippen molar-refractivity contribution in [3.8, 4) is 0 Å². The van der Waals surface area contributed by atoms with Gasteiger partial charge >= 0.3 is 0 Å². The molecule has 0 spiro atoms. The molecule has 0 bridgehead atoms. The van der Waals surface area contributed by atoms with E-state index in [0.717, 1.165) is 19.4 Å². The van der Waals surface area contributed by atoms with Crippen molar-refractivity contribution in [3.05, 3.63) is 0 Å². The Morgan fingerprint density at radius 2 is 2.08 bits per heavy atom. The molecule has 1 saturated heterocycles. The van der Waals surface area contributed by atoms with Gasteiger partial charge in [0.25, 0.3) is 0 Å². The third-order valence-corrected chi connectivity index (χ3v) is 2.43. The van der Waals surface area contributed by atoms with Gasteiger partial charge in [-0.15, -0.1) is 0 Å². The number of hydrogen-bond acceptors (Lipinski definition) is 1. The molecule has 1 fully saturated rings. The van der Waals surface area contributed by atoms with Crippen LogP contribution in [0, 0.1) is 10.8 Å². The van der Waals surface area contributed by atoms with Crippen LogP contribution in [0.3, 0.4) is 0 Å². The van der Waals surface area contributed by atoms with E-state index in [4.69, 9.17) is 0 Å². The Morgan fingerprint density at radius 1 is 1.50 bits per heavy atom. The van der Waals surface area contributed by atoms with Gasteiger partial charge in [-0.25, -0.2) is 0 Å². The highest BCUT2D eigenvalue weighted by molar-refractivity contribution is 5.84. The molecular formula is C10H19NO. The third kappa shape index (κ3) is 1.99. The molecule has 1 amide bonds. The Bertz CT molecular complexity index is 193. The molecule has 1 unspecified atom stereocenters. The number of carbonyl (C=O) groups is 1. The second-order valence-corrected chi connectivity index (χ2v) is 5.30. The van der Waals surface area contributed by atoms with Crippen molar-refractivity contribution in [2.45, 2.75) is 40.5 Å². The Kier molecular flexibility index (Phi) is 2.19. The van der Waals surface area contributed by atoms with Crippen molar-refractivity contribution in [2.24, 2.45) is 10.8 Å². The minimum atomic E-state index is -0.113. The van der Waals surface area contributed by atoms with E-state index in [1.54, 1.807) is 0 Å². The molecular weight excluding hydrogens is 150 g/mol. The summed E-state index contributed by atoms with van der Waals surface area (Å²) < 4.78 is 0. The largest absolute Gasteiger partial charge is 0.356 e. The van der Waals surface area contributed by atoms with Gasteiger partial charge < -0.3 is 5.32 Å². The minimum absolute atomic E-state index is 0.113. The summed E-state index contributed by atoms with van der Waals surface area (Å²) in [5.41, 5.74) is 0.134. The Balaban J connectivity index is 2.66. The van der Waals surface area contributed by atoms with Crippen LogP contribution in [0.25, 0.3) is 0 Å². The first-order chi connectivity index (χ1) is 5.33. The SMILES string of the molecule is CC(C)(C)CC1(C)CCNC1=O. The second-order valence-electron chi connectivity index (χ2n) is 5.30. The van der Waals surface area contributed by atoms with Crippen LogP contribution in [0.4, 0.5) is 0 Å². The van der Waals surface area contributed by atoms with E-state index < -0.39 is 0 Å². The van der Waals surface area contributed by atoms with Gasteiger partial charge in [-0.05, 0) is 18.3 Å². The van der Waals surface area contributed by atoms with Crippen LogP contribution < -0.4 is 5.32 Å². The quantitative estimate of drug-likeness (QED) is 0.638. The molecule has 2 heteroatoms. The number of hydrogen-bond donors (Lipinski definition) is 1.